The Labute approximate surface area is 98.5 Å². The summed E-state index contributed by atoms with van der Waals surface area (Å²) in [6.45, 7) is 1.53. The summed E-state index contributed by atoms with van der Waals surface area (Å²) >= 11 is 3.49. The van der Waals surface area contributed by atoms with Gasteiger partial charge in [-0.05, 0) is 18.1 Å². The fourth-order valence-electron chi connectivity index (χ4n) is 1.42. The summed E-state index contributed by atoms with van der Waals surface area (Å²) in [5.74, 6) is 0. The van der Waals surface area contributed by atoms with Crippen LogP contribution in [0.1, 0.15) is 12.0 Å². The molecule has 2 rings (SSSR count). The SMILES string of the molecule is Br/C(=C\c1ccccc1)B1OCCCO1. The zero-order valence-corrected chi connectivity index (χ0v) is 9.94. The van der Waals surface area contributed by atoms with Crippen LogP contribution in [0.4, 0.5) is 0 Å². The van der Waals surface area contributed by atoms with Crippen molar-refractivity contribution in [1.82, 2.24) is 0 Å². The average Bonchev–Trinajstić information content (AvgIpc) is 2.31. The normalized spacial score (nSPS) is 17.9. The Morgan fingerprint density at radius 2 is 1.87 bits per heavy atom. The predicted molar refractivity (Wildman–Crippen MR) is 65.6 cm³/mol. The van der Waals surface area contributed by atoms with Crippen LogP contribution < -0.4 is 0 Å². The number of halogens is 1. The molecule has 0 N–H and O–H groups in total. The smallest absolute Gasteiger partial charge is 0.407 e. The number of hydrogen-bond acceptors (Lipinski definition) is 2. The maximum atomic E-state index is 5.47. The monoisotopic (exact) mass is 266 g/mol. The molecule has 0 radical (unpaired) electrons. The van der Waals surface area contributed by atoms with Gasteiger partial charge in [0.05, 0.1) is 0 Å². The fourth-order valence-corrected chi connectivity index (χ4v) is 1.95. The van der Waals surface area contributed by atoms with Gasteiger partial charge in [-0.2, -0.15) is 0 Å². The lowest BCUT2D eigenvalue weighted by molar-refractivity contribution is 0.142. The van der Waals surface area contributed by atoms with E-state index in [1.807, 2.05) is 36.4 Å². The van der Waals surface area contributed by atoms with Crippen LogP contribution in [0.15, 0.2) is 34.7 Å². The van der Waals surface area contributed by atoms with Gasteiger partial charge in [0, 0.05) is 17.6 Å². The Kier molecular flexibility index (Phi) is 4.00. The molecule has 78 valence electrons. The number of benzene rings is 1. The number of rotatable bonds is 2. The van der Waals surface area contributed by atoms with E-state index in [2.05, 4.69) is 15.9 Å². The first-order valence-electron chi connectivity index (χ1n) is 5.01. The highest BCUT2D eigenvalue weighted by molar-refractivity contribution is 9.12. The van der Waals surface area contributed by atoms with Crippen LogP contribution in [0.3, 0.4) is 0 Å². The second-order valence-electron chi connectivity index (χ2n) is 3.37. The Morgan fingerprint density at radius 1 is 1.20 bits per heavy atom. The van der Waals surface area contributed by atoms with Gasteiger partial charge >= 0.3 is 7.12 Å². The highest BCUT2D eigenvalue weighted by Gasteiger charge is 2.25. The van der Waals surface area contributed by atoms with Gasteiger partial charge in [0.15, 0.2) is 0 Å². The molecule has 1 aliphatic rings. The van der Waals surface area contributed by atoms with E-state index in [1.54, 1.807) is 0 Å². The maximum absolute atomic E-state index is 5.47. The lowest BCUT2D eigenvalue weighted by atomic mass is 9.87. The third-order valence-corrected chi connectivity index (χ3v) is 2.76. The quantitative estimate of drug-likeness (QED) is 0.767. The Hall–Kier alpha value is -0.575. The number of hydrogen-bond donors (Lipinski definition) is 0. The molecule has 1 saturated heterocycles. The molecular formula is C11H12BBrO2. The minimum Gasteiger partial charge on any atom is -0.407 e. The standard InChI is InChI=1S/C11H12BBrO2/c13-11(12-14-7-4-8-15-12)9-10-5-2-1-3-6-10/h1-3,5-6,9H,4,7-8H2/b11-9-. The van der Waals surface area contributed by atoms with Gasteiger partial charge < -0.3 is 9.31 Å². The fraction of sp³-hybridized carbons (Fsp3) is 0.273. The first kappa shape index (κ1) is 10.9. The van der Waals surface area contributed by atoms with Crippen LogP contribution >= 0.6 is 15.9 Å². The van der Waals surface area contributed by atoms with E-state index in [1.165, 1.54) is 0 Å². The molecule has 1 heterocycles. The summed E-state index contributed by atoms with van der Waals surface area (Å²) < 4.78 is 11.9. The van der Waals surface area contributed by atoms with Gasteiger partial charge in [-0.25, -0.2) is 0 Å². The average molecular weight is 267 g/mol. The third-order valence-electron chi connectivity index (χ3n) is 2.16. The van der Waals surface area contributed by atoms with E-state index in [0.717, 1.165) is 29.6 Å². The largest absolute Gasteiger partial charge is 0.501 e. The Morgan fingerprint density at radius 3 is 2.53 bits per heavy atom. The Bertz CT molecular complexity index is 334. The summed E-state index contributed by atoms with van der Waals surface area (Å²) in [6.07, 6.45) is 3.00. The van der Waals surface area contributed by atoms with E-state index in [4.69, 9.17) is 9.31 Å². The van der Waals surface area contributed by atoms with Gasteiger partial charge in [0.25, 0.3) is 0 Å². The first-order valence-corrected chi connectivity index (χ1v) is 5.81. The van der Waals surface area contributed by atoms with Crippen molar-refractivity contribution in [3.05, 3.63) is 40.3 Å². The predicted octanol–water partition coefficient (Wildman–Crippen LogP) is 2.89. The van der Waals surface area contributed by atoms with Gasteiger partial charge in [-0.15, -0.1) is 0 Å². The summed E-state index contributed by atoms with van der Waals surface area (Å²) in [5, 5.41) is 0. The second kappa shape index (κ2) is 5.49. The lowest BCUT2D eigenvalue weighted by Crippen LogP contribution is -2.30. The molecule has 1 aromatic carbocycles. The van der Waals surface area contributed by atoms with Gasteiger partial charge in [-0.3, -0.25) is 0 Å². The molecule has 4 heteroatoms. The zero-order valence-electron chi connectivity index (χ0n) is 8.36. The molecule has 0 amide bonds. The van der Waals surface area contributed by atoms with Crippen molar-refractivity contribution < 1.29 is 9.31 Å². The molecule has 0 unspecified atom stereocenters. The summed E-state index contributed by atoms with van der Waals surface area (Å²) in [4.78, 5) is 0. The van der Waals surface area contributed by atoms with Crippen molar-refractivity contribution in [3.8, 4) is 0 Å². The molecule has 1 aromatic rings. The van der Waals surface area contributed by atoms with Crippen molar-refractivity contribution in [2.24, 2.45) is 0 Å². The van der Waals surface area contributed by atoms with E-state index in [-0.39, 0.29) is 7.12 Å². The first-order chi connectivity index (χ1) is 7.36. The van der Waals surface area contributed by atoms with Gasteiger partial charge in [-0.1, -0.05) is 46.3 Å². The molecule has 0 spiro atoms. The van der Waals surface area contributed by atoms with Crippen molar-refractivity contribution in [1.29, 1.82) is 0 Å². The van der Waals surface area contributed by atoms with Gasteiger partial charge in [0.2, 0.25) is 0 Å². The molecule has 0 saturated carbocycles. The van der Waals surface area contributed by atoms with Crippen molar-refractivity contribution in [2.75, 3.05) is 13.2 Å². The Balaban J connectivity index is 2.06. The van der Waals surface area contributed by atoms with Crippen molar-refractivity contribution in [3.63, 3.8) is 0 Å². The second-order valence-corrected chi connectivity index (χ2v) is 4.28. The molecule has 15 heavy (non-hydrogen) atoms. The van der Waals surface area contributed by atoms with Crippen molar-refractivity contribution in [2.45, 2.75) is 6.42 Å². The highest BCUT2D eigenvalue weighted by atomic mass is 79.9. The summed E-state index contributed by atoms with van der Waals surface area (Å²) in [7, 11) is -0.237. The van der Waals surface area contributed by atoms with Crippen molar-refractivity contribution >= 4 is 29.1 Å². The van der Waals surface area contributed by atoms with Gasteiger partial charge in [0.1, 0.15) is 0 Å². The van der Waals surface area contributed by atoms with E-state index in [9.17, 15) is 0 Å². The topological polar surface area (TPSA) is 18.5 Å². The molecular weight excluding hydrogens is 255 g/mol. The lowest BCUT2D eigenvalue weighted by Gasteiger charge is -2.19. The highest BCUT2D eigenvalue weighted by Crippen LogP contribution is 2.19. The molecule has 0 atom stereocenters. The maximum Gasteiger partial charge on any atom is 0.501 e. The molecule has 1 aliphatic heterocycles. The molecule has 0 aliphatic carbocycles. The minimum absolute atomic E-state index is 0.237. The molecule has 2 nitrogen and oxygen atoms in total. The van der Waals surface area contributed by atoms with Crippen LogP contribution in [-0.4, -0.2) is 20.3 Å². The van der Waals surface area contributed by atoms with Crippen LogP contribution in [0.5, 0.6) is 0 Å². The minimum atomic E-state index is -0.237. The molecule has 0 bridgehead atoms. The van der Waals surface area contributed by atoms with E-state index >= 15 is 0 Å². The molecule has 0 aromatic heterocycles. The van der Waals surface area contributed by atoms with Crippen LogP contribution in [0, 0.1) is 0 Å². The van der Waals surface area contributed by atoms with E-state index < -0.39 is 0 Å². The third kappa shape index (κ3) is 3.19. The summed E-state index contributed by atoms with van der Waals surface area (Å²) in [6, 6.07) is 10.1. The van der Waals surface area contributed by atoms with Crippen LogP contribution in [0.2, 0.25) is 0 Å². The summed E-state index contributed by atoms with van der Waals surface area (Å²) in [5.41, 5.74) is 1.14. The van der Waals surface area contributed by atoms with Crippen LogP contribution in [-0.2, 0) is 9.31 Å². The van der Waals surface area contributed by atoms with E-state index in [0.29, 0.717) is 0 Å². The zero-order chi connectivity index (χ0) is 10.5. The van der Waals surface area contributed by atoms with Crippen LogP contribution in [0.25, 0.3) is 6.08 Å². The molecule has 1 fully saturated rings.